The summed E-state index contributed by atoms with van der Waals surface area (Å²) in [5.41, 5.74) is 0.289. The molecule has 1 aliphatic rings. The Balaban J connectivity index is 2.06. The van der Waals surface area contributed by atoms with E-state index in [1.807, 2.05) is 13.8 Å². The average molecular weight is 383 g/mol. The number of nitrogens with one attached hydrogen (secondary N) is 2. The quantitative estimate of drug-likeness (QED) is 0.738. The molecule has 0 bridgehead atoms. The number of nitrogens with zero attached hydrogens (tertiary/aromatic N) is 1. The van der Waals surface area contributed by atoms with E-state index in [9.17, 15) is 18.0 Å². The van der Waals surface area contributed by atoms with E-state index in [0.29, 0.717) is 19.6 Å². The van der Waals surface area contributed by atoms with Gasteiger partial charge in [-0.1, -0.05) is 0 Å². The molecule has 2 rings (SSSR count). The summed E-state index contributed by atoms with van der Waals surface area (Å²) in [4.78, 5) is 23.5. The van der Waals surface area contributed by atoms with E-state index < -0.39 is 15.9 Å². The van der Waals surface area contributed by atoms with Crippen LogP contribution in [0.25, 0.3) is 0 Å². The molecule has 1 aromatic rings. The molecule has 9 heteroatoms. The fourth-order valence-corrected chi connectivity index (χ4v) is 4.37. The molecule has 26 heavy (non-hydrogen) atoms. The molecule has 0 saturated carbocycles. The SMILES string of the molecule is CCNC(=O)CNC(=O)c1ccc(S(=O)(=O)N2C[C@@H](C)O[C@@H](C)C2)cc1. The number of carbonyl (C=O) groups excluding carboxylic acids is 2. The normalized spacial score (nSPS) is 21.2. The average Bonchev–Trinajstić information content (AvgIpc) is 2.59. The predicted molar refractivity (Wildman–Crippen MR) is 96.2 cm³/mol. The monoisotopic (exact) mass is 383 g/mol. The van der Waals surface area contributed by atoms with E-state index in [-0.39, 0.29) is 35.1 Å². The number of hydrogen-bond donors (Lipinski definition) is 2. The third-order valence-electron chi connectivity index (χ3n) is 3.92. The van der Waals surface area contributed by atoms with Crippen molar-refractivity contribution in [2.24, 2.45) is 0 Å². The van der Waals surface area contributed by atoms with E-state index in [2.05, 4.69) is 10.6 Å². The highest BCUT2D eigenvalue weighted by atomic mass is 32.2. The van der Waals surface area contributed by atoms with Crippen LogP contribution in [0.15, 0.2) is 29.2 Å². The van der Waals surface area contributed by atoms with Crippen LogP contribution in [-0.4, -0.2) is 62.9 Å². The lowest BCUT2D eigenvalue weighted by molar-refractivity contribution is -0.120. The summed E-state index contributed by atoms with van der Waals surface area (Å²) >= 11 is 0. The largest absolute Gasteiger partial charge is 0.373 e. The van der Waals surface area contributed by atoms with Gasteiger partial charge >= 0.3 is 0 Å². The first-order chi connectivity index (χ1) is 12.2. The van der Waals surface area contributed by atoms with Crippen LogP contribution in [0.2, 0.25) is 0 Å². The Hall–Kier alpha value is -1.97. The van der Waals surface area contributed by atoms with Crippen molar-refractivity contribution in [2.45, 2.75) is 37.9 Å². The van der Waals surface area contributed by atoms with Crippen LogP contribution in [0.4, 0.5) is 0 Å². The van der Waals surface area contributed by atoms with Gasteiger partial charge in [0.1, 0.15) is 0 Å². The highest BCUT2D eigenvalue weighted by molar-refractivity contribution is 7.89. The van der Waals surface area contributed by atoms with Crippen molar-refractivity contribution in [3.05, 3.63) is 29.8 Å². The van der Waals surface area contributed by atoms with E-state index in [0.717, 1.165) is 0 Å². The lowest BCUT2D eigenvalue weighted by atomic mass is 10.2. The predicted octanol–water partition coefficient (Wildman–Crippen LogP) is 0.350. The van der Waals surface area contributed by atoms with Crippen molar-refractivity contribution in [3.8, 4) is 0 Å². The van der Waals surface area contributed by atoms with E-state index in [1.165, 1.54) is 28.6 Å². The van der Waals surface area contributed by atoms with Crippen LogP contribution in [0, 0.1) is 0 Å². The van der Waals surface area contributed by atoms with Gasteiger partial charge in [-0.3, -0.25) is 9.59 Å². The summed E-state index contributed by atoms with van der Waals surface area (Å²) in [5.74, 6) is -0.718. The number of amides is 2. The van der Waals surface area contributed by atoms with Gasteiger partial charge in [0.25, 0.3) is 5.91 Å². The number of carbonyl (C=O) groups is 2. The Bertz CT molecular complexity index is 738. The van der Waals surface area contributed by atoms with Gasteiger partial charge in [0.05, 0.1) is 23.6 Å². The number of likely N-dealkylation sites (N-methyl/N-ethyl adjacent to an activating group) is 1. The number of rotatable bonds is 6. The second-order valence-electron chi connectivity index (χ2n) is 6.24. The summed E-state index contributed by atoms with van der Waals surface area (Å²) in [6, 6.07) is 5.68. The lowest BCUT2D eigenvalue weighted by Crippen LogP contribution is -2.48. The van der Waals surface area contributed by atoms with Crippen molar-refractivity contribution < 1.29 is 22.7 Å². The highest BCUT2D eigenvalue weighted by Gasteiger charge is 2.32. The molecule has 1 aliphatic heterocycles. The van der Waals surface area contributed by atoms with Gasteiger partial charge in [-0.2, -0.15) is 4.31 Å². The third kappa shape index (κ3) is 5.03. The zero-order chi connectivity index (χ0) is 19.3. The lowest BCUT2D eigenvalue weighted by Gasteiger charge is -2.34. The highest BCUT2D eigenvalue weighted by Crippen LogP contribution is 2.21. The van der Waals surface area contributed by atoms with Gasteiger partial charge in [-0.25, -0.2) is 8.42 Å². The molecule has 1 heterocycles. The minimum Gasteiger partial charge on any atom is -0.373 e. The van der Waals surface area contributed by atoms with Crippen LogP contribution in [0.3, 0.4) is 0 Å². The van der Waals surface area contributed by atoms with Crippen LogP contribution >= 0.6 is 0 Å². The molecule has 2 N–H and O–H groups in total. The Morgan fingerprint density at radius 1 is 1.12 bits per heavy atom. The summed E-state index contributed by atoms with van der Waals surface area (Å²) in [6.07, 6.45) is -0.347. The summed E-state index contributed by atoms with van der Waals surface area (Å²) in [7, 11) is -3.65. The molecule has 144 valence electrons. The van der Waals surface area contributed by atoms with E-state index in [4.69, 9.17) is 4.74 Å². The van der Waals surface area contributed by atoms with Crippen molar-refractivity contribution >= 4 is 21.8 Å². The van der Waals surface area contributed by atoms with E-state index in [1.54, 1.807) is 6.92 Å². The van der Waals surface area contributed by atoms with Gasteiger partial charge in [-0.15, -0.1) is 0 Å². The number of sulfonamides is 1. The van der Waals surface area contributed by atoms with Gasteiger partial charge in [-0.05, 0) is 45.0 Å². The van der Waals surface area contributed by atoms with Gasteiger partial charge in [0.2, 0.25) is 15.9 Å². The van der Waals surface area contributed by atoms with Crippen molar-refractivity contribution in [3.63, 3.8) is 0 Å². The molecular weight excluding hydrogens is 358 g/mol. The Morgan fingerprint density at radius 3 is 2.23 bits per heavy atom. The smallest absolute Gasteiger partial charge is 0.251 e. The van der Waals surface area contributed by atoms with Crippen molar-refractivity contribution in [2.75, 3.05) is 26.2 Å². The van der Waals surface area contributed by atoms with E-state index >= 15 is 0 Å². The third-order valence-corrected chi connectivity index (χ3v) is 5.77. The summed E-state index contributed by atoms with van der Waals surface area (Å²) < 4.78 is 32.5. The Labute approximate surface area is 153 Å². The van der Waals surface area contributed by atoms with Crippen LogP contribution in [0.5, 0.6) is 0 Å². The maximum Gasteiger partial charge on any atom is 0.251 e. The fraction of sp³-hybridized carbons (Fsp3) is 0.529. The molecule has 2 amide bonds. The standard InChI is InChI=1S/C17H25N3O5S/c1-4-18-16(21)9-19-17(22)14-5-7-15(8-6-14)26(23,24)20-10-12(2)25-13(3)11-20/h5-8,12-13H,4,9-11H2,1-3H3,(H,18,21)(H,19,22)/t12-,13+. The van der Waals surface area contributed by atoms with Gasteiger partial charge in [0.15, 0.2) is 0 Å². The maximum atomic E-state index is 12.8. The zero-order valence-corrected chi connectivity index (χ0v) is 16.0. The summed E-state index contributed by atoms with van der Waals surface area (Å²) in [5, 5.41) is 5.07. The van der Waals surface area contributed by atoms with Gasteiger partial charge in [0, 0.05) is 25.2 Å². The maximum absolute atomic E-state index is 12.8. The van der Waals surface area contributed by atoms with Crippen LogP contribution in [-0.2, 0) is 19.6 Å². The summed E-state index contributed by atoms with van der Waals surface area (Å²) in [6.45, 7) is 6.40. The molecule has 1 fully saturated rings. The molecule has 1 saturated heterocycles. The second-order valence-corrected chi connectivity index (χ2v) is 8.18. The Kier molecular flexibility index (Phi) is 6.74. The molecular formula is C17H25N3O5S. The van der Waals surface area contributed by atoms with Crippen LogP contribution < -0.4 is 10.6 Å². The molecule has 8 nitrogen and oxygen atoms in total. The minimum atomic E-state index is -3.65. The first kappa shape index (κ1) is 20.3. The number of benzene rings is 1. The molecule has 0 spiro atoms. The minimum absolute atomic E-state index is 0.124. The molecule has 1 aromatic carbocycles. The van der Waals surface area contributed by atoms with Crippen LogP contribution in [0.1, 0.15) is 31.1 Å². The molecule has 0 unspecified atom stereocenters. The molecule has 0 aromatic heterocycles. The number of morpholine rings is 1. The first-order valence-electron chi connectivity index (χ1n) is 8.54. The second kappa shape index (κ2) is 8.61. The topological polar surface area (TPSA) is 105 Å². The van der Waals surface area contributed by atoms with Crippen molar-refractivity contribution in [1.29, 1.82) is 0 Å². The van der Waals surface area contributed by atoms with Crippen molar-refractivity contribution in [1.82, 2.24) is 14.9 Å². The molecule has 0 radical (unpaired) electrons. The molecule has 2 atom stereocenters. The fourth-order valence-electron chi connectivity index (χ4n) is 2.78. The Morgan fingerprint density at radius 2 is 1.69 bits per heavy atom. The zero-order valence-electron chi connectivity index (χ0n) is 15.2. The number of hydrogen-bond acceptors (Lipinski definition) is 5. The number of ether oxygens (including phenoxy) is 1. The first-order valence-corrected chi connectivity index (χ1v) is 9.98. The molecule has 0 aliphatic carbocycles. The van der Waals surface area contributed by atoms with Gasteiger partial charge < -0.3 is 15.4 Å².